The molecule has 9 heteroatoms. The van der Waals surface area contributed by atoms with Crippen LogP contribution in [0.5, 0.6) is 5.75 Å². The van der Waals surface area contributed by atoms with E-state index in [1.54, 1.807) is 18.2 Å². The normalized spacial score (nSPS) is 19.5. The molecule has 0 bridgehead atoms. The molecule has 1 aromatic carbocycles. The smallest absolute Gasteiger partial charge is 0.255 e. The number of carbonyl (C=O) groups excluding carboxylic acids is 1. The molecular weight excluding hydrogens is 423 g/mol. The molecule has 168 valence electrons. The lowest BCUT2D eigenvalue weighted by molar-refractivity contribution is -0.270. The van der Waals surface area contributed by atoms with Crippen LogP contribution in [-0.4, -0.2) is 49.8 Å². The van der Waals surface area contributed by atoms with Crippen LogP contribution in [0, 0.1) is 17.8 Å². The number of likely N-dealkylation sites (tertiary alicyclic amines) is 1. The van der Waals surface area contributed by atoms with Gasteiger partial charge in [0.05, 0.1) is 17.2 Å². The van der Waals surface area contributed by atoms with Crippen molar-refractivity contribution in [2.45, 2.75) is 37.6 Å². The number of carbonyl (C=O) groups is 1. The second-order valence-corrected chi connectivity index (χ2v) is 10.3. The third-order valence-electron chi connectivity index (χ3n) is 5.62. The van der Waals surface area contributed by atoms with E-state index in [1.165, 1.54) is 23.1 Å². The van der Waals surface area contributed by atoms with E-state index < -0.39 is 21.9 Å². The molecule has 1 fully saturated rings. The van der Waals surface area contributed by atoms with E-state index in [-0.39, 0.29) is 35.1 Å². The van der Waals surface area contributed by atoms with Gasteiger partial charge >= 0.3 is 0 Å². The maximum Gasteiger partial charge on any atom is 0.255 e. The summed E-state index contributed by atoms with van der Waals surface area (Å²) in [6.07, 6.45) is 1.22. The molecular formula is C22H26FN2O5S-. The van der Waals surface area contributed by atoms with Gasteiger partial charge in [0.25, 0.3) is 5.95 Å². The molecule has 1 aromatic heterocycles. The van der Waals surface area contributed by atoms with Gasteiger partial charge in [0.2, 0.25) is 0 Å². The molecule has 31 heavy (non-hydrogen) atoms. The van der Waals surface area contributed by atoms with Gasteiger partial charge in [0, 0.05) is 24.4 Å². The lowest BCUT2D eigenvalue weighted by Gasteiger charge is -2.43. The zero-order valence-corrected chi connectivity index (χ0v) is 18.6. The number of nitrogens with zero attached hydrogens (tertiary/aromatic N) is 2. The Morgan fingerprint density at radius 3 is 2.48 bits per heavy atom. The summed E-state index contributed by atoms with van der Waals surface area (Å²) >= 11 is 0. The van der Waals surface area contributed by atoms with Gasteiger partial charge in [0.15, 0.2) is 15.6 Å². The average molecular weight is 450 g/mol. The second kappa shape index (κ2) is 9.21. The highest BCUT2D eigenvalue weighted by molar-refractivity contribution is 7.90. The number of halogens is 1. The summed E-state index contributed by atoms with van der Waals surface area (Å²) in [7, 11) is -3.31. The number of benzene rings is 1. The highest BCUT2D eigenvalue weighted by atomic mass is 32.2. The predicted octanol–water partition coefficient (Wildman–Crippen LogP) is 2.75. The van der Waals surface area contributed by atoms with E-state index in [4.69, 9.17) is 4.74 Å². The van der Waals surface area contributed by atoms with E-state index in [1.807, 2.05) is 13.8 Å². The van der Waals surface area contributed by atoms with Gasteiger partial charge in [-0.3, -0.25) is 0 Å². The fraction of sp³-hybridized carbons (Fsp3) is 0.455. The van der Waals surface area contributed by atoms with E-state index >= 15 is 0 Å². The van der Waals surface area contributed by atoms with Crippen LogP contribution < -0.4 is 9.84 Å². The lowest BCUT2D eigenvalue weighted by atomic mass is 9.86. The largest absolute Gasteiger partial charge is 0.530 e. The molecule has 0 N–H and O–H groups in total. The van der Waals surface area contributed by atoms with Crippen LogP contribution in [0.4, 0.5) is 9.18 Å². The maximum absolute atomic E-state index is 14.5. The first-order chi connectivity index (χ1) is 14.6. The predicted molar refractivity (Wildman–Crippen MR) is 112 cm³/mol. The Hall–Kier alpha value is -2.68. The SMILES string of the molecule is CC(C)C1CC(COc2ccc(-c3ccc(S(C)(=O)=O)cc3)nc2F)CCN1C(=O)[O-]. The molecule has 0 saturated carbocycles. The summed E-state index contributed by atoms with van der Waals surface area (Å²) in [5, 5.41) is 11.3. The van der Waals surface area contributed by atoms with Crippen LogP contribution in [-0.2, 0) is 9.84 Å². The number of hydrogen-bond donors (Lipinski definition) is 0. The van der Waals surface area contributed by atoms with Crippen molar-refractivity contribution in [2.75, 3.05) is 19.4 Å². The monoisotopic (exact) mass is 449 g/mol. The van der Waals surface area contributed by atoms with Crippen molar-refractivity contribution in [2.24, 2.45) is 11.8 Å². The second-order valence-electron chi connectivity index (χ2n) is 8.25. The standard InChI is InChI=1S/C22H27FN2O5S/c1-14(2)19-12-15(10-11-25(19)22(26)27)13-30-20-9-8-18(24-21(20)23)16-4-6-17(7-5-16)31(3,28)29/h4-9,14-15,19H,10-13H2,1-3H3,(H,26,27)/p-1. The van der Waals surface area contributed by atoms with Gasteiger partial charge in [-0.1, -0.05) is 26.0 Å². The van der Waals surface area contributed by atoms with Crippen LogP contribution in [0.15, 0.2) is 41.3 Å². The molecule has 3 rings (SSSR count). The zero-order chi connectivity index (χ0) is 22.8. The lowest BCUT2D eigenvalue weighted by Crippen LogP contribution is -2.53. The molecule has 1 amide bonds. The Labute approximate surface area is 181 Å². The minimum Gasteiger partial charge on any atom is -0.530 e. The van der Waals surface area contributed by atoms with Crippen LogP contribution in [0.25, 0.3) is 11.3 Å². The molecule has 0 aliphatic carbocycles. The van der Waals surface area contributed by atoms with Crippen molar-refractivity contribution in [3.05, 3.63) is 42.3 Å². The fourth-order valence-electron chi connectivity index (χ4n) is 3.85. The Kier molecular flexibility index (Phi) is 6.83. The first kappa shape index (κ1) is 23.0. The number of aromatic nitrogens is 1. The number of pyridine rings is 1. The molecule has 1 aliphatic rings. The summed E-state index contributed by atoms with van der Waals surface area (Å²) in [6.45, 7) is 4.58. The topological polar surface area (TPSA) is 99.6 Å². The number of hydrogen-bond acceptors (Lipinski definition) is 6. The van der Waals surface area contributed by atoms with Crippen molar-refractivity contribution >= 4 is 15.9 Å². The molecule has 1 saturated heterocycles. The maximum atomic E-state index is 14.5. The van der Waals surface area contributed by atoms with Crippen molar-refractivity contribution in [1.82, 2.24) is 9.88 Å². The molecule has 0 spiro atoms. The van der Waals surface area contributed by atoms with Crippen molar-refractivity contribution in [3.8, 4) is 17.0 Å². The third-order valence-corrected chi connectivity index (χ3v) is 6.75. The Morgan fingerprint density at radius 2 is 1.94 bits per heavy atom. The van der Waals surface area contributed by atoms with Crippen LogP contribution in [0.2, 0.25) is 0 Å². The fourth-order valence-corrected chi connectivity index (χ4v) is 4.49. The highest BCUT2D eigenvalue weighted by Crippen LogP contribution is 2.29. The first-order valence-corrected chi connectivity index (χ1v) is 12.0. The first-order valence-electron chi connectivity index (χ1n) is 10.1. The highest BCUT2D eigenvalue weighted by Gasteiger charge is 2.31. The Bertz CT molecular complexity index is 1040. The number of carboxylic acid groups (broad SMARTS) is 1. The van der Waals surface area contributed by atoms with E-state index in [0.29, 0.717) is 30.6 Å². The van der Waals surface area contributed by atoms with Gasteiger partial charge in [-0.25, -0.2) is 13.4 Å². The number of rotatable bonds is 6. The quantitative estimate of drug-likeness (QED) is 0.629. The minimum atomic E-state index is -3.31. The van der Waals surface area contributed by atoms with E-state index in [2.05, 4.69) is 4.98 Å². The van der Waals surface area contributed by atoms with Crippen molar-refractivity contribution < 1.29 is 27.4 Å². The number of amides is 1. The van der Waals surface area contributed by atoms with Crippen LogP contribution >= 0.6 is 0 Å². The summed E-state index contributed by atoms with van der Waals surface area (Å²) in [5.74, 6) is -0.477. The summed E-state index contributed by atoms with van der Waals surface area (Å²) < 4.78 is 43.3. The molecule has 2 heterocycles. The molecule has 0 radical (unpaired) electrons. The molecule has 1 aliphatic heterocycles. The molecule has 2 atom stereocenters. The molecule has 2 aromatic rings. The van der Waals surface area contributed by atoms with Gasteiger partial charge in [0.1, 0.15) is 6.09 Å². The van der Waals surface area contributed by atoms with E-state index in [9.17, 15) is 22.7 Å². The van der Waals surface area contributed by atoms with Crippen molar-refractivity contribution in [3.63, 3.8) is 0 Å². The summed E-state index contributed by atoms with van der Waals surface area (Å²) in [6, 6.07) is 9.04. The third kappa shape index (κ3) is 5.52. The van der Waals surface area contributed by atoms with Gasteiger partial charge in [-0.2, -0.15) is 4.39 Å². The summed E-state index contributed by atoms with van der Waals surface area (Å²) in [5.41, 5.74) is 0.958. The molecule has 7 nitrogen and oxygen atoms in total. The Morgan fingerprint density at radius 1 is 1.26 bits per heavy atom. The number of piperidine rings is 1. The zero-order valence-electron chi connectivity index (χ0n) is 17.7. The van der Waals surface area contributed by atoms with Crippen molar-refractivity contribution in [1.29, 1.82) is 0 Å². The molecule has 2 unspecified atom stereocenters. The number of ether oxygens (including phenoxy) is 1. The average Bonchev–Trinajstić information content (AvgIpc) is 2.72. The minimum absolute atomic E-state index is 0.0277. The van der Waals surface area contributed by atoms with Gasteiger partial charge < -0.3 is 19.5 Å². The van der Waals surface area contributed by atoms with Gasteiger partial charge in [-0.15, -0.1) is 0 Å². The van der Waals surface area contributed by atoms with Gasteiger partial charge in [-0.05, 0) is 48.9 Å². The number of sulfone groups is 1. The van der Waals surface area contributed by atoms with E-state index in [0.717, 1.165) is 6.26 Å². The van der Waals surface area contributed by atoms with Crippen LogP contribution in [0.1, 0.15) is 26.7 Å². The summed E-state index contributed by atoms with van der Waals surface area (Å²) in [4.78, 5) is 16.8. The van der Waals surface area contributed by atoms with Crippen LogP contribution in [0.3, 0.4) is 0 Å². The Balaban J connectivity index is 1.65.